The van der Waals surface area contributed by atoms with E-state index in [1.165, 1.54) is 12.8 Å². The number of aryl methyl sites for hydroxylation is 1. The highest BCUT2D eigenvalue weighted by Gasteiger charge is 2.19. The number of aromatic nitrogens is 2. The van der Waals surface area contributed by atoms with Gasteiger partial charge in [0.2, 0.25) is 0 Å². The minimum absolute atomic E-state index is 0.0844. The molecular weight excluding hydrogens is 356 g/mol. The van der Waals surface area contributed by atoms with Crippen LogP contribution in [0.25, 0.3) is 11.3 Å². The fraction of sp³-hybridized carbons (Fsp3) is 0.524. The van der Waals surface area contributed by atoms with E-state index in [1.54, 1.807) is 18.9 Å². The number of ether oxygens (including phenoxy) is 2. The molecule has 1 aromatic heterocycles. The third kappa shape index (κ3) is 4.65. The van der Waals surface area contributed by atoms with Crippen molar-refractivity contribution in [2.45, 2.75) is 32.7 Å². The summed E-state index contributed by atoms with van der Waals surface area (Å²) in [5.41, 5.74) is 2.14. The van der Waals surface area contributed by atoms with Gasteiger partial charge in [-0.1, -0.05) is 6.92 Å². The van der Waals surface area contributed by atoms with Crippen molar-refractivity contribution in [2.24, 2.45) is 0 Å². The van der Waals surface area contributed by atoms with E-state index in [0.717, 1.165) is 37.3 Å². The number of amides is 1. The maximum absolute atomic E-state index is 12.8. The molecule has 0 atom stereocenters. The summed E-state index contributed by atoms with van der Waals surface area (Å²) in [4.78, 5) is 15.2. The fourth-order valence-corrected chi connectivity index (χ4v) is 3.55. The molecular formula is C21H30N4O3. The van der Waals surface area contributed by atoms with Gasteiger partial charge in [-0.15, -0.1) is 0 Å². The number of carbonyl (C=O) groups is 1. The zero-order valence-electron chi connectivity index (χ0n) is 17.0. The summed E-state index contributed by atoms with van der Waals surface area (Å²) in [6.45, 7) is 6.57. The van der Waals surface area contributed by atoms with E-state index in [1.807, 2.05) is 24.3 Å². The van der Waals surface area contributed by atoms with Crippen molar-refractivity contribution in [2.75, 3.05) is 40.4 Å². The van der Waals surface area contributed by atoms with Crippen LogP contribution in [-0.4, -0.2) is 61.0 Å². The van der Waals surface area contributed by atoms with Crippen LogP contribution < -0.4 is 14.8 Å². The number of benzene rings is 1. The summed E-state index contributed by atoms with van der Waals surface area (Å²) in [7, 11) is 3.24. The zero-order valence-corrected chi connectivity index (χ0v) is 17.0. The molecule has 1 aromatic carbocycles. The van der Waals surface area contributed by atoms with Gasteiger partial charge in [-0.2, -0.15) is 5.10 Å². The van der Waals surface area contributed by atoms with E-state index in [2.05, 4.69) is 22.2 Å². The van der Waals surface area contributed by atoms with Crippen LogP contribution in [0.5, 0.6) is 11.5 Å². The first-order valence-corrected chi connectivity index (χ1v) is 9.97. The highest BCUT2D eigenvalue weighted by atomic mass is 16.5. The topological polar surface area (TPSA) is 68.6 Å². The van der Waals surface area contributed by atoms with Crippen molar-refractivity contribution in [3.05, 3.63) is 30.0 Å². The van der Waals surface area contributed by atoms with Crippen LogP contribution in [0.15, 0.2) is 24.3 Å². The molecule has 2 heterocycles. The summed E-state index contributed by atoms with van der Waals surface area (Å²) in [5.74, 6) is 1.30. The molecule has 3 rings (SSSR count). The Morgan fingerprint density at radius 1 is 1.14 bits per heavy atom. The number of likely N-dealkylation sites (tertiary alicyclic amines) is 1. The molecule has 0 unspecified atom stereocenters. The van der Waals surface area contributed by atoms with Crippen molar-refractivity contribution in [3.63, 3.8) is 0 Å². The first-order chi connectivity index (χ1) is 13.7. The van der Waals surface area contributed by atoms with E-state index in [9.17, 15) is 4.79 Å². The molecule has 152 valence electrons. The Labute approximate surface area is 166 Å². The SMILES string of the molecule is CCCn1nc(-c2ccc(OC)cc2OC)cc1C(=O)NCCN1CCCC1. The van der Waals surface area contributed by atoms with Gasteiger partial charge in [0.15, 0.2) is 0 Å². The number of carbonyl (C=O) groups excluding carboxylic acids is 1. The molecule has 2 aromatic rings. The lowest BCUT2D eigenvalue weighted by atomic mass is 10.1. The Morgan fingerprint density at radius 3 is 2.61 bits per heavy atom. The molecule has 1 N–H and O–H groups in total. The standard InChI is InChI=1S/C21H30N4O3/c1-4-10-25-19(21(26)22-9-13-24-11-5-6-12-24)15-18(23-25)17-8-7-16(27-2)14-20(17)28-3/h7-8,14-15H,4-6,9-13H2,1-3H3,(H,22,26). The molecule has 28 heavy (non-hydrogen) atoms. The average Bonchev–Trinajstić information content (AvgIpc) is 3.37. The predicted octanol–water partition coefficient (Wildman–Crippen LogP) is 2.80. The zero-order chi connectivity index (χ0) is 19.9. The third-order valence-electron chi connectivity index (χ3n) is 5.04. The highest BCUT2D eigenvalue weighted by Crippen LogP contribution is 2.33. The van der Waals surface area contributed by atoms with Crippen molar-refractivity contribution in [3.8, 4) is 22.8 Å². The number of methoxy groups -OCH3 is 2. The number of rotatable bonds is 9. The van der Waals surface area contributed by atoms with E-state index in [0.29, 0.717) is 30.3 Å². The lowest BCUT2D eigenvalue weighted by molar-refractivity contribution is 0.0938. The first-order valence-electron chi connectivity index (χ1n) is 9.97. The first kappa shape index (κ1) is 20.2. The quantitative estimate of drug-likeness (QED) is 0.718. The van der Waals surface area contributed by atoms with Gasteiger partial charge < -0.3 is 19.7 Å². The summed E-state index contributed by atoms with van der Waals surface area (Å²) in [6, 6.07) is 7.44. The Balaban J connectivity index is 1.78. The number of hydrogen-bond donors (Lipinski definition) is 1. The van der Waals surface area contributed by atoms with E-state index in [-0.39, 0.29) is 5.91 Å². The van der Waals surface area contributed by atoms with Crippen LogP contribution in [-0.2, 0) is 6.54 Å². The molecule has 1 amide bonds. The Hall–Kier alpha value is -2.54. The second-order valence-corrected chi connectivity index (χ2v) is 7.01. The summed E-state index contributed by atoms with van der Waals surface area (Å²) < 4.78 is 12.5. The summed E-state index contributed by atoms with van der Waals surface area (Å²) >= 11 is 0. The Bertz CT molecular complexity index is 797. The lowest BCUT2D eigenvalue weighted by Crippen LogP contribution is -2.34. The van der Waals surface area contributed by atoms with Crippen LogP contribution in [0.4, 0.5) is 0 Å². The van der Waals surface area contributed by atoms with Gasteiger partial charge in [0.1, 0.15) is 17.2 Å². The molecule has 7 heteroatoms. The molecule has 7 nitrogen and oxygen atoms in total. The van der Waals surface area contributed by atoms with Gasteiger partial charge in [-0.25, -0.2) is 0 Å². The molecule has 0 bridgehead atoms. The molecule has 0 spiro atoms. The van der Waals surface area contributed by atoms with Gasteiger partial charge in [-0.3, -0.25) is 9.48 Å². The predicted molar refractivity (Wildman–Crippen MR) is 109 cm³/mol. The largest absolute Gasteiger partial charge is 0.497 e. The molecule has 1 saturated heterocycles. The van der Waals surface area contributed by atoms with E-state index >= 15 is 0 Å². The van der Waals surface area contributed by atoms with Gasteiger partial charge >= 0.3 is 0 Å². The second kappa shape index (κ2) is 9.59. The van der Waals surface area contributed by atoms with Crippen LogP contribution in [0.3, 0.4) is 0 Å². The number of hydrogen-bond acceptors (Lipinski definition) is 5. The molecule has 1 aliphatic rings. The number of nitrogens with one attached hydrogen (secondary N) is 1. The minimum atomic E-state index is -0.0844. The van der Waals surface area contributed by atoms with E-state index in [4.69, 9.17) is 9.47 Å². The van der Waals surface area contributed by atoms with Crippen LogP contribution in [0.2, 0.25) is 0 Å². The van der Waals surface area contributed by atoms with E-state index < -0.39 is 0 Å². The normalized spacial score (nSPS) is 14.2. The molecule has 1 aliphatic heterocycles. The lowest BCUT2D eigenvalue weighted by Gasteiger charge is -2.14. The van der Waals surface area contributed by atoms with Crippen LogP contribution >= 0.6 is 0 Å². The monoisotopic (exact) mass is 386 g/mol. The summed E-state index contributed by atoms with van der Waals surface area (Å²) in [5, 5.41) is 7.71. The molecule has 0 radical (unpaired) electrons. The maximum atomic E-state index is 12.8. The van der Waals surface area contributed by atoms with Gasteiger partial charge in [-0.05, 0) is 50.6 Å². The van der Waals surface area contributed by atoms with Crippen molar-refractivity contribution < 1.29 is 14.3 Å². The Morgan fingerprint density at radius 2 is 1.93 bits per heavy atom. The van der Waals surface area contributed by atoms with Crippen molar-refractivity contribution in [1.82, 2.24) is 20.0 Å². The second-order valence-electron chi connectivity index (χ2n) is 7.01. The smallest absolute Gasteiger partial charge is 0.269 e. The van der Waals surface area contributed by atoms with Gasteiger partial charge in [0, 0.05) is 31.3 Å². The number of nitrogens with zero attached hydrogens (tertiary/aromatic N) is 3. The van der Waals surface area contributed by atoms with Crippen molar-refractivity contribution in [1.29, 1.82) is 0 Å². The average molecular weight is 386 g/mol. The van der Waals surface area contributed by atoms with Gasteiger partial charge in [0.25, 0.3) is 5.91 Å². The van der Waals surface area contributed by atoms with Gasteiger partial charge in [0.05, 0.1) is 19.9 Å². The van der Waals surface area contributed by atoms with Crippen LogP contribution in [0, 0.1) is 0 Å². The third-order valence-corrected chi connectivity index (χ3v) is 5.04. The van der Waals surface area contributed by atoms with Crippen molar-refractivity contribution >= 4 is 5.91 Å². The molecule has 1 fully saturated rings. The minimum Gasteiger partial charge on any atom is -0.497 e. The molecule has 0 saturated carbocycles. The van der Waals surface area contributed by atoms with Crippen LogP contribution in [0.1, 0.15) is 36.7 Å². The summed E-state index contributed by atoms with van der Waals surface area (Å²) in [6.07, 6.45) is 3.41. The maximum Gasteiger partial charge on any atom is 0.269 e. The molecule has 0 aliphatic carbocycles. The highest BCUT2D eigenvalue weighted by molar-refractivity contribution is 5.94. The fourth-order valence-electron chi connectivity index (χ4n) is 3.55. The Kier molecular flexibility index (Phi) is 6.92.